The van der Waals surface area contributed by atoms with Gasteiger partial charge in [0.2, 0.25) is 0 Å². The third-order valence-corrected chi connectivity index (χ3v) is 0. The van der Waals surface area contributed by atoms with Crippen molar-refractivity contribution in [1.29, 1.82) is 0 Å². The Kier molecular flexibility index (Phi) is 2350. The molecule has 0 saturated carbocycles. The maximum Gasteiger partial charge on any atom is 4.00 e. The van der Waals surface area contributed by atoms with Gasteiger partial charge < -0.3 is 21.9 Å². The summed E-state index contributed by atoms with van der Waals surface area (Å²) in [6, 6.07) is 0. The molecule has 0 aliphatic heterocycles. The zero-order valence-corrected chi connectivity index (χ0v) is 7.79. The van der Waals surface area contributed by atoms with Gasteiger partial charge in [0.1, 0.15) is 0 Å². The standard InChI is InChI=1S/Hf.4O.Ti/q+4;4*-2;+4. The van der Waals surface area contributed by atoms with Gasteiger partial charge in [-0.3, -0.25) is 0 Å². The molecule has 6 heavy (non-hydrogen) atoms. The van der Waals surface area contributed by atoms with Crippen LogP contribution in [0.2, 0.25) is 0 Å². The summed E-state index contributed by atoms with van der Waals surface area (Å²) in [5, 5.41) is 0. The van der Waals surface area contributed by atoms with E-state index in [4.69, 9.17) is 0 Å². The van der Waals surface area contributed by atoms with E-state index < -0.39 is 0 Å². The van der Waals surface area contributed by atoms with E-state index in [0.717, 1.165) is 0 Å². The quantitative estimate of drug-likeness (QED) is 0.536. The molecule has 0 aromatic rings. The number of rotatable bonds is 0. The summed E-state index contributed by atoms with van der Waals surface area (Å²) in [5.41, 5.74) is 0. The van der Waals surface area contributed by atoms with Crippen molar-refractivity contribution in [2.75, 3.05) is 0 Å². The SMILES string of the molecule is [Hf+4].[O-2].[O-2].[O-2].[O-2].[Ti+4]. The van der Waals surface area contributed by atoms with Crippen LogP contribution in [0.25, 0.3) is 0 Å². The van der Waals surface area contributed by atoms with Crippen molar-refractivity contribution < 1.29 is 69.5 Å². The Labute approximate surface area is 69.2 Å². The van der Waals surface area contributed by atoms with Crippen LogP contribution in [-0.4, -0.2) is 0 Å². The molecule has 6 heteroatoms. The molecule has 0 aromatic carbocycles. The van der Waals surface area contributed by atoms with Gasteiger partial charge >= 0.3 is 47.6 Å². The molecule has 0 aliphatic carbocycles. The van der Waals surface area contributed by atoms with Crippen LogP contribution in [0.5, 0.6) is 0 Å². The summed E-state index contributed by atoms with van der Waals surface area (Å²) in [5.74, 6) is 0. The molecule has 4 nitrogen and oxygen atoms in total. The van der Waals surface area contributed by atoms with Crippen molar-refractivity contribution >= 4 is 0 Å². The molecular formula is HfO4Ti. The fourth-order valence-corrected chi connectivity index (χ4v) is 0. The minimum absolute atomic E-state index is 0. The Morgan fingerprint density at radius 3 is 0.500 bits per heavy atom. The van der Waals surface area contributed by atoms with Crippen molar-refractivity contribution in [2.24, 2.45) is 0 Å². The van der Waals surface area contributed by atoms with Crippen LogP contribution in [0, 0.1) is 0 Å². The molecule has 0 radical (unpaired) electrons. The summed E-state index contributed by atoms with van der Waals surface area (Å²) in [6.07, 6.45) is 0. The van der Waals surface area contributed by atoms with Gasteiger partial charge in [0.05, 0.1) is 0 Å². The van der Waals surface area contributed by atoms with Gasteiger partial charge in [-0.05, 0) is 0 Å². The van der Waals surface area contributed by atoms with Gasteiger partial charge in [-0.15, -0.1) is 0 Å². The minimum atomic E-state index is 0. The van der Waals surface area contributed by atoms with E-state index in [1.165, 1.54) is 0 Å². The maximum atomic E-state index is 0. The molecule has 0 bridgehead atoms. The van der Waals surface area contributed by atoms with E-state index >= 15 is 0 Å². The summed E-state index contributed by atoms with van der Waals surface area (Å²) >= 11 is 0. The molecule has 0 rings (SSSR count). The second-order valence-electron chi connectivity index (χ2n) is 0. The predicted molar refractivity (Wildman–Crippen MR) is 2.75 cm³/mol. The van der Waals surface area contributed by atoms with Crippen LogP contribution in [0.3, 0.4) is 0 Å². The van der Waals surface area contributed by atoms with Crippen LogP contribution < -0.4 is 0 Å². The first-order valence-corrected chi connectivity index (χ1v) is 0. The van der Waals surface area contributed by atoms with Crippen molar-refractivity contribution in [3.05, 3.63) is 0 Å². The normalized spacial score (nSPS) is 0. The Bertz CT molecular complexity index is 7.51. The Hall–Kier alpha value is 1.42. The van der Waals surface area contributed by atoms with Gasteiger partial charge in [-0.2, -0.15) is 0 Å². The van der Waals surface area contributed by atoms with Crippen molar-refractivity contribution in [1.82, 2.24) is 0 Å². The first-order valence-electron chi connectivity index (χ1n) is 0. The molecule has 0 unspecified atom stereocenters. The Morgan fingerprint density at radius 2 is 0.500 bits per heavy atom. The Balaban J connectivity index is 0. The van der Waals surface area contributed by atoms with Crippen molar-refractivity contribution in [3.8, 4) is 0 Å². The first kappa shape index (κ1) is 151. The average molecular weight is 290 g/mol. The molecule has 0 saturated heterocycles. The zero-order chi connectivity index (χ0) is 0. The molecule has 0 amide bonds. The van der Waals surface area contributed by atoms with Gasteiger partial charge in [-0.25, -0.2) is 0 Å². The van der Waals surface area contributed by atoms with Gasteiger partial charge in [0.25, 0.3) is 0 Å². The van der Waals surface area contributed by atoms with Crippen LogP contribution in [0.15, 0.2) is 0 Å². The van der Waals surface area contributed by atoms with Gasteiger partial charge in [-0.1, -0.05) is 0 Å². The van der Waals surface area contributed by atoms with E-state index in [9.17, 15) is 0 Å². The summed E-state index contributed by atoms with van der Waals surface area (Å²) in [4.78, 5) is 0. The monoisotopic (exact) mass is 292 g/mol. The van der Waals surface area contributed by atoms with E-state index in [1.807, 2.05) is 0 Å². The molecule has 32 valence electrons. The summed E-state index contributed by atoms with van der Waals surface area (Å²) in [7, 11) is 0. The topological polar surface area (TPSA) is 114 Å². The van der Waals surface area contributed by atoms with Crippen LogP contribution in [0.4, 0.5) is 0 Å². The summed E-state index contributed by atoms with van der Waals surface area (Å²) < 4.78 is 0. The molecule has 0 spiro atoms. The largest absolute Gasteiger partial charge is 4.00 e. The van der Waals surface area contributed by atoms with Crippen molar-refractivity contribution in [2.45, 2.75) is 0 Å². The van der Waals surface area contributed by atoms with Crippen molar-refractivity contribution in [3.63, 3.8) is 0 Å². The number of hydrogen-bond acceptors (Lipinski definition) is 0. The van der Waals surface area contributed by atoms with E-state index in [-0.39, 0.29) is 69.5 Å². The Morgan fingerprint density at radius 1 is 0.500 bits per heavy atom. The smallest absolute Gasteiger partial charge is 2.00 e. The van der Waals surface area contributed by atoms with E-state index in [0.29, 0.717) is 0 Å². The molecule has 0 fully saturated rings. The zero-order valence-electron chi connectivity index (χ0n) is 2.63. The first-order chi connectivity index (χ1) is 0. The summed E-state index contributed by atoms with van der Waals surface area (Å²) in [6.45, 7) is 0. The molecular weight excluding hydrogens is 290 g/mol. The molecule has 0 heterocycles. The average Bonchev–Trinajstić information content (AvgIpc) is 0. The molecule has 0 atom stereocenters. The number of hydrogen-bond donors (Lipinski definition) is 0. The second-order valence-corrected chi connectivity index (χ2v) is 0. The minimum Gasteiger partial charge on any atom is -2.00 e. The molecule has 0 aliphatic rings. The third-order valence-electron chi connectivity index (χ3n) is 0. The molecule has 0 N–H and O–H groups in total. The van der Waals surface area contributed by atoms with E-state index in [2.05, 4.69) is 0 Å². The fourth-order valence-electron chi connectivity index (χ4n) is 0. The maximum absolute atomic E-state index is 0. The van der Waals surface area contributed by atoms with Crippen LogP contribution >= 0.6 is 0 Å². The van der Waals surface area contributed by atoms with Gasteiger partial charge in [0, 0.05) is 0 Å². The van der Waals surface area contributed by atoms with Crippen LogP contribution in [0.1, 0.15) is 0 Å². The van der Waals surface area contributed by atoms with E-state index in [1.54, 1.807) is 0 Å². The molecule has 0 aromatic heterocycles. The fraction of sp³-hybridized carbons (Fsp3) is 0. The third kappa shape index (κ3) is 52.3. The van der Waals surface area contributed by atoms with Gasteiger partial charge in [0.15, 0.2) is 0 Å². The van der Waals surface area contributed by atoms with Crippen LogP contribution in [-0.2, 0) is 69.5 Å². The predicted octanol–water partition coefficient (Wildman–Crippen LogP) is -0.480. The second kappa shape index (κ2) is 93.2.